The number of amides is 1. The minimum absolute atomic E-state index is 0. The minimum Gasteiger partial charge on any atom is -0.493 e. The second-order valence-electron chi connectivity index (χ2n) is 5.27. The number of likely N-dealkylation sites (tertiary alicyclic amines) is 1. The number of rotatable bonds is 6. The molecule has 0 bridgehead atoms. The van der Waals surface area contributed by atoms with Gasteiger partial charge < -0.3 is 19.7 Å². The lowest BCUT2D eigenvalue weighted by Gasteiger charge is -2.25. The summed E-state index contributed by atoms with van der Waals surface area (Å²) in [4.78, 5) is 14.7. The zero-order valence-electron chi connectivity index (χ0n) is 13.7. The predicted octanol–water partition coefficient (Wildman–Crippen LogP) is 2.99. The molecule has 130 valence electrons. The van der Waals surface area contributed by atoms with Crippen molar-refractivity contribution in [1.82, 2.24) is 10.2 Å². The van der Waals surface area contributed by atoms with Gasteiger partial charge in [-0.25, -0.2) is 0 Å². The highest BCUT2D eigenvalue weighted by Gasteiger charge is 2.29. The summed E-state index contributed by atoms with van der Waals surface area (Å²) in [5, 5.41) is 3.54. The van der Waals surface area contributed by atoms with Gasteiger partial charge in [-0.2, -0.15) is 0 Å². The Morgan fingerprint density at radius 1 is 1.48 bits per heavy atom. The van der Waals surface area contributed by atoms with Gasteiger partial charge in [-0.15, -0.1) is 12.4 Å². The molecule has 0 radical (unpaired) electrons. The monoisotopic (exact) mass is 362 g/mol. The van der Waals surface area contributed by atoms with Gasteiger partial charge in [0.15, 0.2) is 11.5 Å². The van der Waals surface area contributed by atoms with Crippen LogP contribution in [0.2, 0.25) is 5.02 Å². The second kappa shape index (κ2) is 9.21. The molecule has 1 aliphatic rings. The SMILES string of the molecule is CCOc1c(Cl)cc(C(=O)N2CCCC2CNC)cc1OC.Cl. The van der Waals surface area contributed by atoms with Crippen molar-refractivity contribution in [2.75, 3.05) is 33.9 Å². The average Bonchev–Trinajstić information content (AvgIpc) is 2.97. The Hall–Kier alpha value is -1.17. The first kappa shape index (κ1) is 19.9. The van der Waals surface area contributed by atoms with Crippen molar-refractivity contribution >= 4 is 29.9 Å². The number of hydrogen-bond donors (Lipinski definition) is 1. The zero-order valence-corrected chi connectivity index (χ0v) is 15.3. The molecule has 0 aromatic heterocycles. The number of nitrogens with one attached hydrogen (secondary N) is 1. The second-order valence-corrected chi connectivity index (χ2v) is 5.68. The van der Waals surface area contributed by atoms with Gasteiger partial charge in [0.2, 0.25) is 0 Å². The van der Waals surface area contributed by atoms with Crippen LogP contribution in [0.1, 0.15) is 30.1 Å². The number of methoxy groups -OCH3 is 1. The normalized spacial score (nSPS) is 16.9. The highest BCUT2D eigenvalue weighted by atomic mass is 35.5. The van der Waals surface area contributed by atoms with E-state index in [4.69, 9.17) is 21.1 Å². The molecule has 2 rings (SSSR count). The standard InChI is InChI=1S/C16H23ClN2O3.ClH/c1-4-22-15-13(17)8-11(9-14(15)21-3)16(20)19-7-5-6-12(19)10-18-2;/h8-9,12,18H,4-7,10H2,1-3H3;1H. The molecule has 1 unspecified atom stereocenters. The van der Waals surface area contributed by atoms with Crippen molar-refractivity contribution in [3.05, 3.63) is 22.7 Å². The van der Waals surface area contributed by atoms with E-state index in [1.807, 2.05) is 18.9 Å². The minimum atomic E-state index is -0.0130. The summed E-state index contributed by atoms with van der Waals surface area (Å²) < 4.78 is 10.8. The summed E-state index contributed by atoms with van der Waals surface area (Å²) in [6.45, 7) is 3.94. The lowest BCUT2D eigenvalue weighted by molar-refractivity contribution is 0.0736. The van der Waals surface area contributed by atoms with Crippen molar-refractivity contribution in [3.8, 4) is 11.5 Å². The molecule has 7 heteroatoms. The number of benzene rings is 1. The van der Waals surface area contributed by atoms with E-state index in [-0.39, 0.29) is 24.4 Å². The molecule has 23 heavy (non-hydrogen) atoms. The van der Waals surface area contributed by atoms with Gasteiger partial charge in [0, 0.05) is 24.7 Å². The number of carbonyl (C=O) groups is 1. The summed E-state index contributed by atoms with van der Waals surface area (Å²) in [6, 6.07) is 3.59. The summed E-state index contributed by atoms with van der Waals surface area (Å²) in [6.07, 6.45) is 2.05. The fraction of sp³-hybridized carbons (Fsp3) is 0.562. The molecule has 1 aliphatic heterocycles. The third-order valence-corrected chi connectivity index (χ3v) is 4.12. The Morgan fingerprint density at radius 2 is 2.22 bits per heavy atom. The van der Waals surface area contributed by atoms with Crippen LogP contribution < -0.4 is 14.8 Å². The smallest absolute Gasteiger partial charge is 0.254 e. The molecular formula is C16H24Cl2N2O3. The van der Waals surface area contributed by atoms with Crippen LogP contribution in [0, 0.1) is 0 Å². The van der Waals surface area contributed by atoms with Crippen LogP contribution in [0.3, 0.4) is 0 Å². The lowest BCUT2D eigenvalue weighted by atomic mass is 10.1. The molecule has 1 N–H and O–H groups in total. The van der Waals surface area contributed by atoms with Gasteiger partial charge >= 0.3 is 0 Å². The van der Waals surface area contributed by atoms with E-state index in [1.54, 1.807) is 19.2 Å². The van der Waals surface area contributed by atoms with E-state index in [9.17, 15) is 4.79 Å². The maximum absolute atomic E-state index is 12.8. The van der Waals surface area contributed by atoms with Crippen LogP contribution >= 0.6 is 24.0 Å². The van der Waals surface area contributed by atoms with Crippen LogP contribution in [0.15, 0.2) is 12.1 Å². The Morgan fingerprint density at radius 3 is 2.83 bits per heavy atom. The largest absolute Gasteiger partial charge is 0.493 e. The van der Waals surface area contributed by atoms with Crippen molar-refractivity contribution in [2.45, 2.75) is 25.8 Å². The predicted molar refractivity (Wildman–Crippen MR) is 94.4 cm³/mol. The van der Waals surface area contributed by atoms with Crippen molar-refractivity contribution in [2.24, 2.45) is 0 Å². The maximum Gasteiger partial charge on any atom is 0.254 e. The molecular weight excluding hydrogens is 339 g/mol. The topological polar surface area (TPSA) is 50.8 Å². The van der Waals surface area contributed by atoms with Crippen LogP contribution in [0.4, 0.5) is 0 Å². The van der Waals surface area contributed by atoms with Gasteiger partial charge in [0.1, 0.15) is 0 Å². The third kappa shape index (κ3) is 4.43. The van der Waals surface area contributed by atoms with Crippen molar-refractivity contribution in [3.63, 3.8) is 0 Å². The number of hydrogen-bond acceptors (Lipinski definition) is 4. The quantitative estimate of drug-likeness (QED) is 0.844. The maximum atomic E-state index is 12.8. The lowest BCUT2D eigenvalue weighted by Crippen LogP contribution is -2.40. The number of carbonyl (C=O) groups excluding carboxylic acids is 1. The summed E-state index contributed by atoms with van der Waals surface area (Å²) in [5.74, 6) is 0.958. The van der Waals surface area contributed by atoms with Crippen molar-refractivity contribution in [1.29, 1.82) is 0 Å². The molecule has 1 heterocycles. The van der Waals surface area contributed by atoms with Gasteiger partial charge in [0.05, 0.1) is 18.7 Å². The van der Waals surface area contributed by atoms with E-state index < -0.39 is 0 Å². The molecule has 5 nitrogen and oxygen atoms in total. The van der Waals surface area contributed by atoms with Crippen LogP contribution in [-0.2, 0) is 0 Å². The van der Waals surface area contributed by atoms with E-state index in [0.29, 0.717) is 28.7 Å². The molecule has 0 spiro atoms. The molecule has 0 saturated carbocycles. The first-order chi connectivity index (χ1) is 10.6. The van der Waals surface area contributed by atoms with Crippen molar-refractivity contribution < 1.29 is 14.3 Å². The fourth-order valence-corrected chi connectivity index (χ4v) is 3.11. The Labute approximate surface area is 148 Å². The summed E-state index contributed by atoms with van der Waals surface area (Å²) >= 11 is 6.25. The molecule has 1 aromatic rings. The molecule has 1 atom stereocenters. The van der Waals surface area contributed by atoms with Gasteiger partial charge in [-0.1, -0.05) is 11.6 Å². The molecule has 1 fully saturated rings. The highest BCUT2D eigenvalue weighted by molar-refractivity contribution is 6.32. The summed E-state index contributed by atoms with van der Waals surface area (Å²) in [7, 11) is 3.44. The summed E-state index contributed by atoms with van der Waals surface area (Å²) in [5.41, 5.74) is 0.535. The number of ether oxygens (including phenoxy) is 2. The fourth-order valence-electron chi connectivity index (χ4n) is 2.84. The van der Waals surface area contributed by atoms with E-state index in [0.717, 1.165) is 25.9 Å². The first-order valence-electron chi connectivity index (χ1n) is 7.58. The first-order valence-corrected chi connectivity index (χ1v) is 7.96. The van der Waals surface area contributed by atoms with E-state index in [2.05, 4.69) is 5.32 Å². The molecule has 1 saturated heterocycles. The molecule has 0 aliphatic carbocycles. The Balaban J connectivity index is 0.00000264. The van der Waals surface area contributed by atoms with Crippen LogP contribution in [0.5, 0.6) is 11.5 Å². The van der Waals surface area contributed by atoms with Gasteiger partial charge in [-0.05, 0) is 38.9 Å². The van der Waals surface area contributed by atoms with Gasteiger partial charge in [0.25, 0.3) is 5.91 Å². The molecule has 1 amide bonds. The number of likely N-dealkylation sites (N-methyl/N-ethyl adjacent to an activating group) is 1. The zero-order chi connectivity index (χ0) is 16.1. The third-order valence-electron chi connectivity index (χ3n) is 3.84. The van der Waals surface area contributed by atoms with E-state index in [1.165, 1.54) is 0 Å². The van der Waals surface area contributed by atoms with Crippen LogP contribution in [0.25, 0.3) is 0 Å². The van der Waals surface area contributed by atoms with E-state index >= 15 is 0 Å². The van der Waals surface area contributed by atoms with Crippen LogP contribution in [-0.4, -0.2) is 50.7 Å². The molecule has 1 aromatic carbocycles. The highest BCUT2D eigenvalue weighted by Crippen LogP contribution is 2.37. The number of nitrogens with zero attached hydrogens (tertiary/aromatic N) is 1. The number of halogens is 2. The van der Waals surface area contributed by atoms with Gasteiger partial charge in [-0.3, -0.25) is 4.79 Å². The average molecular weight is 363 g/mol. The Bertz CT molecular complexity index is 540. The Kier molecular flexibility index (Phi) is 7.95.